The van der Waals surface area contributed by atoms with Crippen LogP contribution in [0.15, 0.2) is 0 Å². The lowest BCUT2D eigenvalue weighted by Gasteiger charge is -2.33. The van der Waals surface area contributed by atoms with Gasteiger partial charge in [0.1, 0.15) is 0 Å². The van der Waals surface area contributed by atoms with Crippen LogP contribution in [0.4, 0.5) is 0 Å². The third-order valence-corrected chi connectivity index (χ3v) is 3.17. The molecular weight excluding hydrogens is 202 g/mol. The summed E-state index contributed by atoms with van der Waals surface area (Å²) in [4.78, 5) is 14.0. The summed E-state index contributed by atoms with van der Waals surface area (Å²) in [6.07, 6.45) is 5.34. The Morgan fingerprint density at radius 3 is 2.62 bits per heavy atom. The molecule has 0 bridgehead atoms. The highest BCUT2D eigenvalue weighted by Gasteiger charge is 2.21. The second-order valence-corrected chi connectivity index (χ2v) is 4.54. The molecule has 0 aromatic rings. The van der Waals surface area contributed by atoms with Crippen molar-refractivity contribution in [2.75, 3.05) is 26.2 Å². The van der Waals surface area contributed by atoms with Gasteiger partial charge in [-0.25, -0.2) is 0 Å². The summed E-state index contributed by atoms with van der Waals surface area (Å²) < 4.78 is 0. The zero-order valence-electron chi connectivity index (χ0n) is 10.4. The number of nitrogens with zero attached hydrogens (tertiary/aromatic N) is 1. The fourth-order valence-corrected chi connectivity index (χ4v) is 2.20. The molecule has 1 rings (SSSR count). The number of amides is 1. The first-order chi connectivity index (χ1) is 7.77. The number of carbonyl (C=O) groups is 1. The van der Waals surface area contributed by atoms with Crippen molar-refractivity contribution < 1.29 is 4.79 Å². The maximum atomic E-state index is 11.6. The topological polar surface area (TPSA) is 58.4 Å². The zero-order valence-corrected chi connectivity index (χ0v) is 10.4. The van der Waals surface area contributed by atoms with Gasteiger partial charge in [-0.2, -0.15) is 0 Å². The molecule has 0 saturated carbocycles. The van der Waals surface area contributed by atoms with Crippen molar-refractivity contribution >= 4 is 5.91 Å². The summed E-state index contributed by atoms with van der Waals surface area (Å²) in [5.74, 6) is 0.142. The van der Waals surface area contributed by atoms with Crippen LogP contribution in [0, 0.1) is 0 Å². The van der Waals surface area contributed by atoms with Gasteiger partial charge in [-0.3, -0.25) is 9.69 Å². The lowest BCUT2D eigenvalue weighted by atomic mass is 10.1. The smallest absolute Gasteiger partial charge is 0.221 e. The van der Waals surface area contributed by atoms with E-state index in [1.165, 1.54) is 19.3 Å². The molecule has 1 heterocycles. The largest absolute Gasteiger partial charge is 0.356 e. The lowest BCUT2D eigenvalue weighted by molar-refractivity contribution is -0.122. The molecule has 4 heteroatoms. The fourth-order valence-electron chi connectivity index (χ4n) is 2.20. The van der Waals surface area contributed by atoms with E-state index in [1.54, 1.807) is 0 Å². The molecule has 3 N–H and O–H groups in total. The molecule has 94 valence electrons. The molecule has 1 fully saturated rings. The van der Waals surface area contributed by atoms with Crippen molar-refractivity contribution in [3.05, 3.63) is 0 Å². The Hall–Kier alpha value is -0.610. The van der Waals surface area contributed by atoms with Gasteiger partial charge < -0.3 is 11.1 Å². The second-order valence-electron chi connectivity index (χ2n) is 4.54. The van der Waals surface area contributed by atoms with Crippen LogP contribution < -0.4 is 11.1 Å². The number of rotatable bonds is 6. The van der Waals surface area contributed by atoms with Crippen LogP contribution in [0.3, 0.4) is 0 Å². The highest BCUT2D eigenvalue weighted by atomic mass is 16.1. The Kier molecular flexibility index (Phi) is 6.42. The van der Waals surface area contributed by atoms with Gasteiger partial charge in [-0.1, -0.05) is 13.3 Å². The lowest BCUT2D eigenvalue weighted by Crippen LogP contribution is -2.46. The average molecular weight is 227 g/mol. The van der Waals surface area contributed by atoms with Gasteiger partial charge in [-0.15, -0.1) is 0 Å². The number of piperidine rings is 1. The molecule has 0 aromatic carbocycles. The van der Waals surface area contributed by atoms with Crippen molar-refractivity contribution in [3.8, 4) is 0 Å². The number of hydrogen-bond donors (Lipinski definition) is 2. The maximum absolute atomic E-state index is 11.6. The molecule has 1 aliphatic heterocycles. The molecule has 1 saturated heterocycles. The zero-order chi connectivity index (χ0) is 11.8. The van der Waals surface area contributed by atoms with Gasteiger partial charge in [0.05, 0.1) is 0 Å². The van der Waals surface area contributed by atoms with E-state index < -0.39 is 0 Å². The van der Waals surface area contributed by atoms with E-state index in [0.717, 1.165) is 26.1 Å². The van der Waals surface area contributed by atoms with E-state index in [0.29, 0.717) is 13.0 Å². The van der Waals surface area contributed by atoms with Crippen LogP contribution >= 0.6 is 0 Å². The van der Waals surface area contributed by atoms with Gasteiger partial charge in [0.15, 0.2) is 0 Å². The first kappa shape index (κ1) is 13.5. The van der Waals surface area contributed by atoms with Gasteiger partial charge in [0, 0.05) is 25.6 Å². The first-order valence-corrected chi connectivity index (χ1v) is 6.48. The van der Waals surface area contributed by atoms with Crippen molar-refractivity contribution in [2.45, 2.75) is 45.1 Å². The molecule has 0 spiro atoms. The molecule has 4 nitrogen and oxygen atoms in total. The van der Waals surface area contributed by atoms with E-state index in [1.807, 2.05) is 0 Å². The number of likely N-dealkylation sites (tertiary alicyclic amines) is 1. The minimum atomic E-state index is 0.142. The Morgan fingerprint density at radius 1 is 1.38 bits per heavy atom. The first-order valence-electron chi connectivity index (χ1n) is 6.48. The molecule has 0 aromatic heterocycles. The number of hydrogen-bond acceptors (Lipinski definition) is 3. The number of nitrogens with one attached hydrogen (secondary N) is 1. The van der Waals surface area contributed by atoms with E-state index in [9.17, 15) is 4.79 Å². The molecule has 1 unspecified atom stereocenters. The molecule has 1 amide bonds. The average Bonchev–Trinajstić information content (AvgIpc) is 2.34. The third-order valence-electron chi connectivity index (χ3n) is 3.17. The monoisotopic (exact) mass is 227 g/mol. The van der Waals surface area contributed by atoms with Gasteiger partial charge >= 0.3 is 0 Å². The summed E-state index contributed by atoms with van der Waals surface area (Å²) in [5, 5.41) is 2.92. The predicted octanol–water partition coefficient (Wildman–Crippen LogP) is 0.716. The summed E-state index contributed by atoms with van der Waals surface area (Å²) in [6.45, 7) is 5.62. The minimum absolute atomic E-state index is 0.142. The minimum Gasteiger partial charge on any atom is -0.356 e. The van der Waals surface area contributed by atoms with Gasteiger partial charge in [0.25, 0.3) is 0 Å². The van der Waals surface area contributed by atoms with E-state index in [2.05, 4.69) is 17.1 Å². The second kappa shape index (κ2) is 7.63. The normalized spacial score (nSPS) is 19.4. The van der Waals surface area contributed by atoms with Crippen LogP contribution in [0.5, 0.6) is 0 Å². The quantitative estimate of drug-likeness (QED) is 0.703. The summed E-state index contributed by atoms with van der Waals surface area (Å²) in [7, 11) is 0. The van der Waals surface area contributed by atoms with Crippen molar-refractivity contribution in [1.29, 1.82) is 0 Å². The maximum Gasteiger partial charge on any atom is 0.221 e. The molecule has 1 atom stereocenters. The standard InChI is InChI=1S/C12H25N3O/c1-2-6-14-12(16)9-11(10-13)15-7-4-3-5-8-15/h11H,2-10,13H2,1H3,(H,14,16). The fraction of sp³-hybridized carbons (Fsp3) is 0.917. The predicted molar refractivity (Wildman–Crippen MR) is 66.2 cm³/mol. The Bertz CT molecular complexity index is 202. The van der Waals surface area contributed by atoms with Crippen LogP contribution in [0.2, 0.25) is 0 Å². The van der Waals surface area contributed by atoms with E-state index in [-0.39, 0.29) is 11.9 Å². The summed E-state index contributed by atoms with van der Waals surface area (Å²) in [6, 6.07) is 0.233. The van der Waals surface area contributed by atoms with Crippen LogP contribution in [0.25, 0.3) is 0 Å². The van der Waals surface area contributed by atoms with Gasteiger partial charge in [-0.05, 0) is 32.4 Å². The highest BCUT2D eigenvalue weighted by molar-refractivity contribution is 5.76. The van der Waals surface area contributed by atoms with Gasteiger partial charge in [0.2, 0.25) is 5.91 Å². The van der Waals surface area contributed by atoms with Crippen LogP contribution in [-0.4, -0.2) is 43.0 Å². The summed E-state index contributed by atoms with van der Waals surface area (Å²) in [5.41, 5.74) is 5.76. The van der Waals surface area contributed by atoms with Crippen LogP contribution in [0.1, 0.15) is 39.0 Å². The van der Waals surface area contributed by atoms with E-state index >= 15 is 0 Å². The SMILES string of the molecule is CCCNC(=O)CC(CN)N1CCCCC1. The van der Waals surface area contributed by atoms with Crippen LogP contribution in [-0.2, 0) is 4.79 Å². The van der Waals surface area contributed by atoms with Crippen molar-refractivity contribution in [3.63, 3.8) is 0 Å². The molecular formula is C12H25N3O. The Morgan fingerprint density at radius 2 is 2.06 bits per heavy atom. The Labute approximate surface area is 98.6 Å². The van der Waals surface area contributed by atoms with E-state index in [4.69, 9.17) is 5.73 Å². The number of carbonyl (C=O) groups excluding carboxylic acids is 1. The molecule has 0 aliphatic carbocycles. The molecule has 0 radical (unpaired) electrons. The molecule has 16 heavy (non-hydrogen) atoms. The van der Waals surface area contributed by atoms with Crippen molar-refractivity contribution in [1.82, 2.24) is 10.2 Å². The highest BCUT2D eigenvalue weighted by Crippen LogP contribution is 2.13. The third kappa shape index (κ3) is 4.49. The summed E-state index contributed by atoms with van der Waals surface area (Å²) >= 11 is 0. The number of nitrogens with two attached hydrogens (primary N) is 1. The van der Waals surface area contributed by atoms with Crippen molar-refractivity contribution in [2.24, 2.45) is 5.73 Å². The molecule has 1 aliphatic rings. The Balaban J connectivity index is 2.32.